The molecule has 0 fully saturated rings. The number of thioether (sulfide) groups is 1. The van der Waals surface area contributed by atoms with Crippen LogP contribution in [-0.4, -0.2) is 25.0 Å². The van der Waals surface area contributed by atoms with Crippen LogP contribution < -0.4 is 5.32 Å². The Morgan fingerprint density at radius 2 is 1.73 bits per heavy atom. The first kappa shape index (κ1) is 20.3. The van der Waals surface area contributed by atoms with E-state index in [-0.39, 0.29) is 12.5 Å². The van der Waals surface area contributed by atoms with E-state index in [2.05, 4.69) is 5.32 Å². The summed E-state index contributed by atoms with van der Waals surface area (Å²) in [6.45, 7) is 4.30. The van der Waals surface area contributed by atoms with Crippen molar-refractivity contribution in [3.05, 3.63) is 64.7 Å². The molecule has 0 saturated heterocycles. The predicted octanol–water partition coefficient (Wildman–Crippen LogP) is 4.56. The first-order valence-electron chi connectivity index (χ1n) is 8.35. The maximum atomic E-state index is 12.0. The number of carbonyl (C=O) groups excluding carboxylic acids is 2. The molecule has 0 atom stereocenters. The predicted molar refractivity (Wildman–Crippen MR) is 106 cm³/mol. The Hall–Kier alpha value is -1.98. The zero-order valence-electron chi connectivity index (χ0n) is 14.8. The monoisotopic (exact) mass is 391 g/mol. The molecule has 0 heterocycles. The van der Waals surface area contributed by atoms with Gasteiger partial charge in [0, 0.05) is 22.2 Å². The SMILES string of the molecule is CC(C)CNC(=O)COC(=O)c1ccc(CSc2ccc(Cl)cc2)cc1. The Bertz CT molecular complexity index is 730. The summed E-state index contributed by atoms with van der Waals surface area (Å²) in [4.78, 5) is 24.7. The second-order valence-corrected chi connectivity index (χ2v) is 7.70. The summed E-state index contributed by atoms with van der Waals surface area (Å²) in [5.41, 5.74) is 1.53. The molecule has 2 aromatic rings. The topological polar surface area (TPSA) is 55.4 Å². The van der Waals surface area contributed by atoms with Crippen molar-refractivity contribution in [1.82, 2.24) is 5.32 Å². The average molecular weight is 392 g/mol. The van der Waals surface area contributed by atoms with Crippen LogP contribution in [0.5, 0.6) is 0 Å². The lowest BCUT2D eigenvalue weighted by Crippen LogP contribution is -2.31. The maximum Gasteiger partial charge on any atom is 0.338 e. The fraction of sp³-hybridized carbons (Fsp3) is 0.300. The van der Waals surface area contributed by atoms with Crippen molar-refractivity contribution >= 4 is 35.2 Å². The maximum absolute atomic E-state index is 12.0. The lowest BCUT2D eigenvalue weighted by atomic mass is 10.1. The second kappa shape index (κ2) is 10.2. The van der Waals surface area contributed by atoms with E-state index in [9.17, 15) is 9.59 Å². The van der Waals surface area contributed by atoms with Crippen LogP contribution >= 0.6 is 23.4 Å². The van der Waals surface area contributed by atoms with Crippen molar-refractivity contribution in [2.75, 3.05) is 13.2 Å². The lowest BCUT2D eigenvalue weighted by molar-refractivity contribution is -0.124. The smallest absolute Gasteiger partial charge is 0.338 e. The molecule has 0 spiro atoms. The summed E-state index contributed by atoms with van der Waals surface area (Å²) in [7, 11) is 0. The molecule has 2 rings (SSSR count). The number of rotatable bonds is 8. The first-order valence-corrected chi connectivity index (χ1v) is 9.71. The Balaban J connectivity index is 1.79. The molecule has 0 aliphatic rings. The van der Waals surface area contributed by atoms with Gasteiger partial charge in [-0.2, -0.15) is 0 Å². The third kappa shape index (κ3) is 7.10. The van der Waals surface area contributed by atoms with Gasteiger partial charge in [0.15, 0.2) is 6.61 Å². The molecule has 0 aliphatic heterocycles. The van der Waals surface area contributed by atoms with Gasteiger partial charge in [-0.15, -0.1) is 11.8 Å². The van der Waals surface area contributed by atoms with Crippen molar-refractivity contribution in [2.45, 2.75) is 24.5 Å². The van der Waals surface area contributed by atoms with Gasteiger partial charge in [-0.05, 0) is 47.9 Å². The third-order valence-electron chi connectivity index (χ3n) is 3.45. The largest absolute Gasteiger partial charge is 0.452 e. The van der Waals surface area contributed by atoms with E-state index >= 15 is 0 Å². The van der Waals surface area contributed by atoms with Crippen molar-refractivity contribution in [2.24, 2.45) is 5.92 Å². The van der Waals surface area contributed by atoms with E-state index in [0.717, 1.165) is 21.2 Å². The molecule has 0 bridgehead atoms. The van der Waals surface area contributed by atoms with E-state index in [1.165, 1.54) is 0 Å². The van der Waals surface area contributed by atoms with Crippen LogP contribution in [0.15, 0.2) is 53.4 Å². The molecule has 4 nitrogen and oxygen atoms in total. The van der Waals surface area contributed by atoms with Gasteiger partial charge in [0.25, 0.3) is 5.91 Å². The van der Waals surface area contributed by atoms with Crippen LogP contribution in [0.3, 0.4) is 0 Å². The number of carbonyl (C=O) groups is 2. The van der Waals surface area contributed by atoms with E-state index in [0.29, 0.717) is 18.0 Å². The molecule has 0 radical (unpaired) electrons. The highest BCUT2D eigenvalue weighted by Crippen LogP contribution is 2.24. The molecule has 138 valence electrons. The summed E-state index contributed by atoms with van der Waals surface area (Å²) < 4.78 is 5.03. The Labute approximate surface area is 163 Å². The quantitative estimate of drug-likeness (QED) is 0.529. The molecule has 0 unspecified atom stereocenters. The minimum absolute atomic E-state index is 0.264. The second-order valence-electron chi connectivity index (χ2n) is 6.21. The van der Waals surface area contributed by atoms with E-state index in [1.807, 2.05) is 50.2 Å². The number of nitrogens with one attached hydrogen (secondary N) is 1. The fourth-order valence-corrected chi connectivity index (χ4v) is 3.00. The van der Waals surface area contributed by atoms with Crippen molar-refractivity contribution in [1.29, 1.82) is 0 Å². The molecule has 6 heteroatoms. The van der Waals surface area contributed by atoms with Gasteiger partial charge >= 0.3 is 5.97 Å². The summed E-state index contributed by atoms with van der Waals surface area (Å²) in [6, 6.07) is 14.9. The summed E-state index contributed by atoms with van der Waals surface area (Å²) in [5, 5.41) is 3.42. The number of benzene rings is 2. The summed E-state index contributed by atoms with van der Waals surface area (Å²) >= 11 is 7.56. The molecule has 2 aromatic carbocycles. The van der Waals surface area contributed by atoms with Crippen molar-refractivity contribution in [3.8, 4) is 0 Å². The minimum atomic E-state index is -0.499. The molecular formula is C20H22ClNO3S. The van der Waals surface area contributed by atoms with E-state index in [4.69, 9.17) is 16.3 Å². The lowest BCUT2D eigenvalue weighted by Gasteiger charge is -2.08. The highest BCUT2D eigenvalue weighted by Gasteiger charge is 2.10. The Kier molecular flexibility index (Phi) is 8.01. The van der Waals surface area contributed by atoms with Crippen molar-refractivity contribution in [3.63, 3.8) is 0 Å². The van der Waals surface area contributed by atoms with E-state index < -0.39 is 5.97 Å². The van der Waals surface area contributed by atoms with Crippen LogP contribution in [0.25, 0.3) is 0 Å². The van der Waals surface area contributed by atoms with Gasteiger partial charge in [-0.3, -0.25) is 4.79 Å². The normalized spacial score (nSPS) is 10.6. The van der Waals surface area contributed by atoms with Crippen LogP contribution in [0.2, 0.25) is 5.02 Å². The molecule has 0 aliphatic carbocycles. The number of esters is 1. The van der Waals surface area contributed by atoms with Gasteiger partial charge in [0.05, 0.1) is 5.56 Å². The molecule has 0 aromatic heterocycles. The number of hydrogen-bond acceptors (Lipinski definition) is 4. The Morgan fingerprint density at radius 1 is 1.08 bits per heavy atom. The van der Waals surface area contributed by atoms with Gasteiger partial charge in [-0.25, -0.2) is 4.79 Å². The number of ether oxygens (including phenoxy) is 1. The molecule has 1 amide bonds. The zero-order valence-corrected chi connectivity index (χ0v) is 16.4. The van der Waals surface area contributed by atoms with Crippen molar-refractivity contribution < 1.29 is 14.3 Å². The molecule has 26 heavy (non-hydrogen) atoms. The number of halogens is 1. The summed E-state index contributed by atoms with van der Waals surface area (Å²) in [6.07, 6.45) is 0. The van der Waals surface area contributed by atoms with E-state index in [1.54, 1.807) is 23.9 Å². The fourth-order valence-electron chi connectivity index (χ4n) is 2.02. The average Bonchev–Trinajstić information content (AvgIpc) is 2.64. The van der Waals surface area contributed by atoms with Crippen LogP contribution in [-0.2, 0) is 15.3 Å². The first-order chi connectivity index (χ1) is 12.4. The highest BCUT2D eigenvalue weighted by atomic mass is 35.5. The van der Waals surface area contributed by atoms with Crippen LogP contribution in [0.4, 0.5) is 0 Å². The minimum Gasteiger partial charge on any atom is -0.452 e. The van der Waals surface area contributed by atoms with Gasteiger partial charge < -0.3 is 10.1 Å². The highest BCUT2D eigenvalue weighted by molar-refractivity contribution is 7.98. The van der Waals surface area contributed by atoms with Crippen LogP contribution in [0.1, 0.15) is 29.8 Å². The van der Waals surface area contributed by atoms with Gasteiger partial charge in [0.2, 0.25) is 0 Å². The molecule has 1 N–H and O–H groups in total. The number of amides is 1. The number of hydrogen-bond donors (Lipinski definition) is 1. The standard InChI is InChI=1S/C20H22ClNO3S/c1-14(2)11-22-19(23)12-25-20(24)16-5-3-15(4-6-16)13-26-18-9-7-17(21)8-10-18/h3-10,14H,11-13H2,1-2H3,(H,22,23). The third-order valence-corrected chi connectivity index (χ3v) is 4.79. The molecular weight excluding hydrogens is 370 g/mol. The van der Waals surface area contributed by atoms with Gasteiger partial charge in [-0.1, -0.05) is 37.6 Å². The van der Waals surface area contributed by atoms with Crippen LogP contribution in [0, 0.1) is 5.92 Å². The summed E-state index contributed by atoms with van der Waals surface area (Å²) in [5.74, 6) is 0.353. The molecule has 0 saturated carbocycles. The Morgan fingerprint density at radius 3 is 2.35 bits per heavy atom. The van der Waals surface area contributed by atoms with Gasteiger partial charge in [0.1, 0.15) is 0 Å². The zero-order chi connectivity index (χ0) is 18.9.